The van der Waals surface area contributed by atoms with Gasteiger partial charge >= 0.3 is 0 Å². The highest BCUT2D eigenvalue weighted by atomic mass is 35.5. The van der Waals surface area contributed by atoms with Gasteiger partial charge < -0.3 is 10.1 Å². The van der Waals surface area contributed by atoms with Crippen LogP contribution in [0.2, 0.25) is 5.02 Å². The maximum Gasteiger partial charge on any atom is 0.220 e. The van der Waals surface area contributed by atoms with Gasteiger partial charge in [0, 0.05) is 36.8 Å². The average Bonchev–Trinajstić information content (AvgIpc) is 2.58. The highest BCUT2D eigenvalue weighted by molar-refractivity contribution is 6.31. The molecule has 0 radical (unpaired) electrons. The summed E-state index contributed by atoms with van der Waals surface area (Å²) in [6.07, 6.45) is 3.55. The van der Waals surface area contributed by atoms with E-state index in [2.05, 4.69) is 10.3 Å². The number of halogens is 1. The van der Waals surface area contributed by atoms with Crippen molar-refractivity contribution in [1.29, 1.82) is 0 Å². The highest BCUT2D eigenvalue weighted by Crippen LogP contribution is 2.24. The van der Waals surface area contributed by atoms with E-state index >= 15 is 0 Å². The molecule has 1 amide bonds. The molecule has 0 aliphatic heterocycles. The number of nitrogens with one attached hydrogen (secondary N) is 1. The number of carbonyl (C=O) groups is 2. The Morgan fingerprint density at radius 2 is 2.09 bits per heavy atom. The second-order valence-corrected chi connectivity index (χ2v) is 5.34. The van der Waals surface area contributed by atoms with E-state index in [1.807, 2.05) is 6.07 Å². The number of ether oxygens (including phenoxy) is 1. The third-order valence-corrected chi connectivity index (χ3v) is 3.49. The number of carbonyl (C=O) groups excluding carboxylic acids is 2. The molecule has 0 saturated carbocycles. The van der Waals surface area contributed by atoms with Crippen LogP contribution in [-0.2, 0) is 11.3 Å². The molecule has 23 heavy (non-hydrogen) atoms. The molecule has 2 rings (SSSR count). The van der Waals surface area contributed by atoms with E-state index in [-0.39, 0.29) is 24.5 Å². The number of benzene rings is 1. The molecule has 1 aromatic carbocycles. The van der Waals surface area contributed by atoms with Gasteiger partial charge in [-0.3, -0.25) is 14.6 Å². The Hall–Kier alpha value is -2.40. The zero-order valence-electron chi connectivity index (χ0n) is 12.7. The van der Waals surface area contributed by atoms with Crippen molar-refractivity contribution in [2.45, 2.75) is 19.4 Å². The normalized spacial score (nSPS) is 10.2. The van der Waals surface area contributed by atoms with Crippen LogP contribution in [0.3, 0.4) is 0 Å². The van der Waals surface area contributed by atoms with Gasteiger partial charge in [-0.2, -0.15) is 0 Å². The number of Topliss-reactive ketones (excluding diaryl/α,β-unsaturated/α-hetero) is 1. The quantitative estimate of drug-likeness (QED) is 0.791. The Morgan fingerprint density at radius 3 is 2.78 bits per heavy atom. The zero-order valence-corrected chi connectivity index (χ0v) is 13.5. The van der Waals surface area contributed by atoms with Crippen molar-refractivity contribution in [3.63, 3.8) is 0 Å². The van der Waals surface area contributed by atoms with Crippen molar-refractivity contribution >= 4 is 23.3 Å². The lowest BCUT2D eigenvalue weighted by Crippen LogP contribution is -2.23. The van der Waals surface area contributed by atoms with E-state index in [0.717, 1.165) is 5.56 Å². The number of pyridine rings is 1. The molecule has 0 saturated heterocycles. The van der Waals surface area contributed by atoms with Gasteiger partial charge in [-0.05, 0) is 29.8 Å². The van der Waals surface area contributed by atoms with Gasteiger partial charge in [0.1, 0.15) is 5.75 Å². The van der Waals surface area contributed by atoms with Crippen molar-refractivity contribution in [3.05, 3.63) is 58.9 Å². The maximum atomic E-state index is 12.2. The number of hydrogen-bond acceptors (Lipinski definition) is 4. The molecular formula is C17H17ClN2O3. The van der Waals surface area contributed by atoms with E-state index < -0.39 is 0 Å². The second-order valence-electron chi connectivity index (χ2n) is 4.91. The van der Waals surface area contributed by atoms with Crippen LogP contribution in [0.1, 0.15) is 28.8 Å². The van der Waals surface area contributed by atoms with Crippen LogP contribution in [0.4, 0.5) is 0 Å². The standard InChI is InChI=1S/C17H17ClN2O3/c1-23-16-6-4-13(18)9-14(16)15(21)5-7-17(22)20-11-12-3-2-8-19-10-12/h2-4,6,8-10H,5,7,11H2,1H3,(H,20,22). The highest BCUT2D eigenvalue weighted by Gasteiger charge is 2.14. The van der Waals surface area contributed by atoms with Crippen LogP contribution in [0.25, 0.3) is 0 Å². The summed E-state index contributed by atoms with van der Waals surface area (Å²) in [5, 5.41) is 3.21. The Kier molecular flexibility index (Phi) is 6.11. The number of aromatic nitrogens is 1. The van der Waals surface area contributed by atoms with E-state index in [9.17, 15) is 9.59 Å². The Balaban J connectivity index is 1.86. The van der Waals surface area contributed by atoms with Crippen molar-refractivity contribution < 1.29 is 14.3 Å². The summed E-state index contributed by atoms with van der Waals surface area (Å²) < 4.78 is 5.15. The van der Waals surface area contributed by atoms with Gasteiger partial charge in [-0.1, -0.05) is 17.7 Å². The molecule has 0 aliphatic rings. The minimum absolute atomic E-state index is 0.0928. The molecule has 0 unspecified atom stereocenters. The van der Waals surface area contributed by atoms with Gasteiger partial charge in [-0.25, -0.2) is 0 Å². The number of hydrogen-bond donors (Lipinski definition) is 1. The number of ketones is 1. The summed E-state index contributed by atoms with van der Waals surface area (Å²) in [6.45, 7) is 0.390. The summed E-state index contributed by atoms with van der Waals surface area (Å²) in [6, 6.07) is 8.51. The fourth-order valence-electron chi connectivity index (χ4n) is 2.05. The van der Waals surface area contributed by atoms with Crippen molar-refractivity contribution in [2.75, 3.05) is 7.11 Å². The molecule has 0 atom stereocenters. The predicted molar refractivity (Wildman–Crippen MR) is 87.7 cm³/mol. The SMILES string of the molecule is COc1ccc(Cl)cc1C(=O)CCC(=O)NCc1cccnc1. The Morgan fingerprint density at radius 1 is 1.26 bits per heavy atom. The number of amides is 1. The molecule has 0 aliphatic carbocycles. The number of rotatable bonds is 7. The van der Waals surface area contributed by atoms with Crippen LogP contribution >= 0.6 is 11.6 Å². The summed E-state index contributed by atoms with van der Waals surface area (Å²) in [7, 11) is 1.49. The number of nitrogens with zero attached hydrogens (tertiary/aromatic N) is 1. The fourth-order valence-corrected chi connectivity index (χ4v) is 2.22. The summed E-state index contributed by atoms with van der Waals surface area (Å²) in [4.78, 5) is 28.0. The molecule has 2 aromatic rings. The summed E-state index contributed by atoms with van der Waals surface area (Å²) in [5.41, 5.74) is 1.30. The van der Waals surface area contributed by atoms with Gasteiger partial charge in [0.25, 0.3) is 0 Å². The van der Waals surface area contributed by atoms with Crippen molar-refractivity contribution in [1.82, 2.24) is 10.3 Å². The van der Waals surface area contributed by atoms with Crippen molar-refractivity contribution in [3.8, 4) is 5.75 Å². The van der Waals surface area contributed by atoms with Crippen LogP contribution in [0.15, 0.2) is 42.7 Å². The lowest BCUT2D eigenvalue weighted by molar-refractivity contribution is -0.121. The summed E-state index contributed by atoms with van der Waals surface area (Å²) in [5.74, 6) is 0.0826. The van der Waals surface area contributed by atoms with Crippen molar-refractivity contribution in [2.24, 2.45) is 0 Å². The number of methoxy groups -OCH3 is 1. The van der Waals surface area contributed by atoms with Crippen LogP contribution in [-0.4, -0.2) is 23.8 Å². The minimum atomic E-state index is -0.191. The molecule has 0 fully saturated rings. The molecule has 120 valence electrons. The van der Waals surface area contributed by atoms with Gasteiger partial charge in [-0.15, -0.1) is 0 Å². The lowest BCUT2D eigenvalue weighted by atomic mass is 10.1. The first-order chi connectivity index (χ1) is 11.1. The van der Waals surface area contributed by atoms with E-state index in [0.29, 0.717) is 22.9 Å². The monoisotopic (exact) mass is 332 g/mol. The molecular weight excluding hydrogens is 316 g/mol. The molecule has 0 spiro atoms. The predicted octanol–water partition coefficient (Wildman–Crippen LogP) is 3.02. The Labute approximate surface area is 139 Å². The van der Waals surface area contributed by atoms with E-state index in [1.54, 1.807) is 36.7 Å². The van der Waals surface area contributed by atoms with Gasteiger partial charge in [0.2, 0.25) is 5.91 Å². The lowest BCUT2D eigenvalue weighted by Gasteiger charge is -2.08. The third-order valence-electron chi connectivity index (χ3n) is 3.25. The molecule has 6 heteroatoms. The van der Waals surface area contributed by atoms with Crippen LogP contribution in [0, 0.1) is 0 Å². The fraction of sp³-hybridized carbons (Fsp3) is 0.235. The molecule has 5 nitrogen and oxygen atoms in total. The van der Waals surface area contributed by atoms with Crippen LogP contribution in [0.5, 0.6) is 5.75 Å². The van der Waals surface area contributed by atoms with Gasteiger partial charge in [0.15, 0.2) is 5.78 Å². The average molecular weight is 333 g/mol. The maximum absolute atomic E-state index is 12.2. The molecule has 1 aromatic heterocycles. The Bertz CT molecular complexity index is 689. The first-order valence-electron chi connectivity index (χ1n) is 7.12. The summed E-state index contributed by atoms with van der Waals surface area (Å²) >= 11 is 5.91. The first kappa shape index (κ1) is 17.0. The van der Waals surface area contributed by atoms with E-state index in [4.69, 9.17) is 16.3 Å². The smallest absolute Gasteiger partial charge is 0.220 e. The largest absolute Gasteiger partial charge is 0.496 e. The molecule has 1 N–H and O–H groups in total. The minimum Gasteiger partial charge on any atom is -0.496 e. The second kappa shape index (κ2) is 8.29. The first-order valence-corrected chi connectivity index (χ1v) is 7.50. The van der Waals surface area contributed by atoms with Gasteiger partial charge in [0.05, 0.1) is 12.7 Å². The van der Waals surface area contributed by atoms with E-state index in [1.165, 1.54) is 7.11 Å². The molecule has 1 heterocycles. The zero-order chi connectivity index (χ0) is 16.7. The third kappa shape index (κ3) is 5.07. The van der Waals surface area contributed by atoms with Crippen LogP contribution < -0.4 is 10.1 Å². The molecule has 0 bridgehead atoms. The topological polar surface area (TPSA) is 68.3 Å².